The van der Waals surface area contributed by atoms with Crippen LogP contribution in [0.2, 0.25) is 5.02 Å². The molecule has 1 amide bonds. The van der Waals surface area contributed by atoms with E-state index in [0.717, 1.165) is 37.3 Å². The van der Waals surface area contributed by atoms with Gasteiger partial charge in [-0.1, -0.05) is 11.6 Å². The number of amides is 1. The molecule has 1 saturated heterocycles. The average molecular weight is 282 g/mol. The molecule has 0 saturated carbocycles. The van der Waals surface area contributed by atoms with Crippen molar-refractivity contribution in [1.29, 1.82) is 0 Å². The van der Waals surface area contributed by atoms with Gasteiger partial charge in [0, 0.05) is 25.7 Å². The average Bonchev–Trinajstić information content (AvgIpc) is 2.39. The van der Waals surface area contributed by atoms with E-state index in [-0.39, 0.29) is 11.8 Å². The Morgan fingerprint density at radius 1 is 1.47 bits per heavy atom. The Morgan fingerprint density at radius 3 is 2.89 bits per heavy atom. The van der Waals surface area contributed by atoms with Gasteiger partial charge in [0.05, 0.1) is 17.3 Å². The molecule has 5 heteroatoms. The number of anilines is 2. The van der Waals surface area contributed by atoms with Gasteiger partial charge >= 0.3 is 0 Å². The molecule has 0 aliphatic carbocycles. The predicted molar refractivity (Wildman–Crippen MR) is 80.0 cm³/mol. The van der Waals surface area contributed by atoms with Crippen LogP contribution in [0.15, 0.2) is 18.2 Å². The number of piperidine rings is 1. The lowest BCUT2D eigenvalue weighted by Gasteiger charge is -2.24. The number of hydrogen-bond acceptors (Lipinski definition) is 3. The molecule has 1 fully saturated rings. The molecule has 1 atom stereocenters. The standard InChI is InChI=1S/C14H20ClN3O/c1-18(2)13-6-5-11(15)8-12(13)17-14(19)10-4-3-7-16-9-10/h5-6,8,10,16H,3-4,7,9H2,1-2H3,(H,17,19)/t10-/m0/s1. The van der Waals surface area contributed by atoms with Gasteiger partial charge in [-0.2, -0.15) is 0 Å². The number of rotatable bonds is 3. The van der Waals surface area contributed by atoms with Crippen molar-refractivity contribution in [3.8, 4) is 0 Å². The first-order valence-corrected chi connectivity index (χ1v) is 6.94. The van der Waals surface area contributed by atoms with E-state index in [4.69, 9.17) is 11.6 Å². The maximum atomic E-state index is 12.2. The Balaban J connectivity index is 2.13. The third-order valence-corrected chi connectivity index (χ3v) is 3.60. The molecule has 1 aliphatic rings. The smallest absolute Gasteiger partial charge is 0.228 e. The fourth-order valence-corrected chi connectivity index (χ4v) is 2.48. The van der Waals surface area contributed by atoms with E-state index < -0.39 is 0 Å². The number of carbonyl (C=O) groups excluding carboxylic acids is 1. The number of carbonyl (C=O) groups is 1. The van der Waals surface area contributed by atoms with E-state index in [1.807, 2.05) is 31.1 Å². The highest BCUT2D eigenvalue weighted by Crippen LogP contribution is 2.28. The van der Waals surface area contributed by atoms with E-state index in [1.165, 1.54) is 0 Å². The Kier molecular flexibility index (Phi) is 4.66. The number of nitrogens with zero attached hydrogens (tertiary/aromatic N) is 1. The summed E-state index contributed by atoms with van der Waals surface area (Å²) in [5.41, 5.74) is 1.73. The Morgan fingerprint density at radius 2 is 2.26 bits per heavy atom. The Hall–Kier alpha value is -1.26. The summed E-state index contributed by atoms with van der Waals surface area (Å²) in [6, 6.07) is 5.54. The second-order valence-corrected chi connectivity index (χ2v) is 5.52. The van der Waals surface area contributed by atoms with Crippen molar-refractivity contribution in [1.82, 2.24) is 5.32 Å². The van der Waals surface area contributed by atoms with Crippen LogP contribution in [-0.4, -0.2) is 33.1 Å². The lowest BCUT2D eigenvalue weighted by Crippen LogP contribution is -2.37. The summed E-state index contributed by atoms with van der Waals surface area (Å²) in [5.74, 6) is 0.111. The zero-order chi connectivity index (χ0) is 13.8. The van der Waals surface area contributed by atoms with Crippen molar-refractivity contribution >= 4 is 28.9 Å². The summed E-state index contributed by atoms with van der Waals surface area (Å²) in [6.07, 6.45) is 1.99. The van der Waals surface area contributed by atoms with Crippen LogP contribution in [0.5, 0.6) is 0 Å². The maximum absolute atomic E-state index is 12.2. The molecule has 4 nitrogen and oxygen atoms in total. The van der Waals surface area contributed by atoms with Crippen molar-refractivity contribution in [2.75, 3.05) is 37.4 Å². The molecule has 19 heavy (non-hydrogen) atoms. The van der Waals surface area contributed by atoms with Crippen LogP contribution in [0, 0.1) is 5.92 Å². The third-order valence-electron chi connectivity index (χ3n) is 3.37. The van der Waals surface area contributed by atoms with Gasteiger partial charge in [0.25, 0.3) is 0 Å². The minimum absolute atomic E-state index is 0.0442. The van der Waals surface area contributed by atoms with Crippen LogP contribution < -0.4 is 15.5 Å². The molecule has 1 heterocycles. The van der Waals surface area contributed by atoms with E-state index in [1.54, 1.807) is 6.07 Å². The highest BCUT2D eigenvalue weighted by atomic mass is 35.5. The van der Waals surface area contributed by atoms with Crippen LogP contribution in [0.1, 0.15) is 12.8 Å². The highest BCUT2D eigenvalue weighted by Gasteiger charge is 2.21. The largest absolute Gasteiger partial charge is 0.376 e. The van der Waals surface area contributed by atoms with Crippen LogP contribution in [0.3, 0.4) is 0 Å². The second-order valence-electron chi connectivity index (χ2n) is 5.09. The van der Waals surface area contributed by atoms with Crippen molar-refractivity contribution in [3.05, 3.63) is 23.2 Å². The molecule has 104 valence electrons. The Labute approximate surface area is 119 Å². The highest BCUT2D eigenvalue weighted by molar-refractivity contribution is 6.31. The van der Waals surface area contributed by atoms with Gasteiger partial charge in [0.15, 0.2) is 0 Å². The molecule has 2 N–H and O–H groups in total. The third kappa shape index (κ3) is 3.61. The molecule has 0 unspecified atom stereocenters. The van der Waals surface area contributed by atoms with Gasteiger partial charge in [-0.05, 0) is 37.6 Å². The van der Waals surface area contributed by atoms with E-state index in [0.29, 0.717) is 5.02 Å². The molecule has 0 radical (unpaired) electrons. The summed E-state index contributed by atoms with van der Waals surface area (Å²) >= 11 is 6.01. The van der Waals surface area contributed by atoms with Crippen LogP contribution in [0.25, 0.3) is 0 Å². The fraction of sp³-hybridized carbons (Fsp3) is 0.500. The van der Waals surface area contributed by atoms with Gasteiger partial charge in [-0.25, -0.2) is 0 Å². The summed E-state index contributed by atoms with van der Waals surface area (Å²) in [5, 5.41) is 6.88. The Bertz CT molecular complexity index is 456. The van der Waals surface area contributed by atoms with Gasteiger partial charge in [-0.15, -0.1) is 0 Å². The lowest BCUT2D eigenvalue weighted by atomic mass is 9.98. The minimum Gasteiger partial charge on any atom is -0.376 e. The van der Waals surface area contributed by atoms with E-state index >= 15 is 0 Å². The molecule has 2 rings (SSSR count). The zero-order valence-electron chi connectivity index (χ0n) is 11.4. The van der Waals surface area contributed by atoms with Gasteiger partial charge < -0.3 is 15.5 Å². The van der Waals surface area contributed by atoms with Crippen LogP contribution in [0.4, 0.5) is 11.4 Å². The molecule has 1 aromatic carbocycles. The van der Waals surface area contributed by atoms with E-state index in [9.17, 15) is 4.79 Å². The zero-order valence-corrected chi connectivity index (χ0v) is 12.1. The summed E-state index contributed by atoms with van der Waals surface area (Å²) < 4.78 is 0. The van der Waals surface area contributed by atoms with Crippen LogP contribution in [-0.2, 0) is 4.79 Å². The molecule has 0 bridgehead atoms. The van der Waals surface area contributed by atoms with Crippen molar-refractivity contribution in [2.45, 2.75) is 12.8 Å². The van der Waals surface area contributed by atoms with Gasteiger partial charge in [0.2, 0.25) is 5.91 Å². The maximum Gasteiger partial charge on any atom is 0.228 e. The van der Waals surface area contributed by atoms with Crippen molar-refractivity contribution < 1.29 is 4.79 Å². The summed E-state index contributed by atoms with van der Waals surface area (Å²) in [4.78, 5) is 14.2. The minimum atomic E-state index is 0.0442. The normalized spacial score (nSPS) is 19.0. The molecule has 1 aliphatic heterocycles. The number of halogens is 1. The second kappa shape index (κ2) is 6.26. The summed E-state index contributed by atoms with van der Waals surface area (Å²) in [7, 11) is 3.89. The van der Waals surface area contributed by atoms with Crippen molar-refractivity contribution in [2.24, 2.45) is 5.92 Å². The molecular formula is C14H20ClN3O. The monoisotopic (exact) mass is 281 g/mol. The lowest BCUT2D eigenvalue weighted by molar-refractivity contribution is -0.120. The van der Waals surface area contributed by atoms with E-state index in [2.05, 4.69) is 10.6 Å². The topological polar surface area (TPSA) is 44.4 Å². The predicted octanol–water partition coefficient (Wildman–Crippen LogP) is 2.34. The molecule has 0 aromatic heterocycles. The SMILES string of the molecule is CN(C)c1ccc(Cl)cc1NC(=O)[C@H]1CCCNC1. The first-order valence-electron chi connectivity index (χ1n) is 6.56. The molecule has 1 aromatic rings. The fourth-order valence-electron chi connectivity index (χ4n) is 2.31. The first kappa shape index (κ1) is 14.2. The number of hydrogen-bond donors (Lipinski definition) is 2. The first-order chi connectivity index (χ1) is 9.08. The van der Waals surface area contributed by atoms with Crippen molar-refractivity contribution in [3.63, 3.8) is 0 Å². The number of benzene rings is 1. The number of nitrogens with one attached hydrogen (secondary N) is 2. The van der Waals surface area contributed by atoms with Gasteiger partial charge in [-0.3, -0.25) is 4.79 Å². The molecular weight excluding hydrogens is 262 g/mol. The summed E-state index contributed by atoms with van der Waals surface area (Å²) in [6.45, 7) is 1.76. The quantitative estimate of drug-likeness (QED) is 0.894. The molecule has 0 spiro atoms. The van der Waals surface area contributed by atoms with Crippen LogP contribution >= 0.6 is 11.6 Å². The van der Waals surface area contributed by atoms with Gasteiger partial charge in [0.1, 0.15) is 0 Å².